The first-order valence-corrected chi connectivity index (χ1v) is 5.70. The minimum absolute atomic E-state index is 0.505. The van der Waals surface area contributed by atoms with E-state index in [1.807, 2.05) is 4.68 Å². The molecule has 7 heteroatoms. The first-order valence-electron chi connectivity index (χ1n) is 5.70. The molecule has 0 radical (unpaired) electrons. The summed E-state index contributed by atoms with van der Waals surface area (Å²) in [6, 6.07) is -0.505. The van der Waals surface area contributed by atoms with Crippen LogP contribution in [-0.2, 0) is 13.1 Å². The van der Waals surface area contributed by atoms with Crippen molar-refractivity contribution < 1.29 is 4.79 Å². The van der Waals surface area contributed by atoms with Gasteiger partial charge in [-0.1, -0.05) is 13.8 Å². The van der Waals surface area contributed by atoms with Crippen LogP contribution in [-0.4, -0.2) is 33.9 Å². The number of hydrogen-bond donors (Lipinski definition) is 3. The van der Waals surface area contributed by atoms with Gasteiger partial charge in [0.2, 0.25) is 0 Å². The third kappa shape index (κ3) is 5.30. The zero-order valence-electron chi connectivity index (χ0n) is 10.3. The highest BCUT2D eigenvalue weighted by atomic mass is 16.2. The highest BCUT2D eigenvalue weighted by Gasteiger charge is 2.05. The molecule has 96 valence electrons. The molecule has 0 aliphatic carbocycles. The summed E-state index contributed by atoms with van der Waals surface area (Å²) in [6.45, 7) is 6.92. The van der Waals surface area contributed by atoms with Crippen molar-refractivity contribution in [2.45, 2.75) is 26.9 Å². The molecule has 2 amide bonds. The second kappa shape index (κ2) is 6.85. The van der Waals surface area contributed by atoms with Crippen molar-refractivity contribution in [3.05, 3.63) is 12.2 Å². The van der Waals surface area contributed by atoms with E-state index in [1.54, 1.807) is 6.33 Å². The van der Waals surface area contributed by atoms with Crippen LogP contribution in [0.3, 0.4) is 0 Å². The molecule has 1 heterocycles. The Labute approximate surface area is 101 Å². The van der Waals surface area contributed by atoms with Crippen molar-refractivity contribution in [3.8, 4) is 0 Å². The maximum Gasteiger partial charge on any atom is 0.312 e. The van der Waals surface area contributed by atoms with E-state index in [4.69, 9.17) is 5.73 Å². The SMILES string of the molecule is CC(C)Cn1ncnc1CNCCNC(N)=O. The Hall–Kier alpha value is -1.63. The highest BCUT2D eigenvalue weighted by molar-refractivity contribution is 5.71. The van der Waals surface area contributed by atoms with Gasteiger partial charge in [-0.05, 0) is 5.92 Å². The van der Waals surface area contributed by atoms with E-state index in [2.05, 4.69) is 34.6 Å². The summed E-state index contributed by atoms with van der Waals surface area (Å²) < 4.78 is 1.89. The van der Waals surface area contributed by atoms with Gasteiger partial charge in [0.05, 0.1) is 6.54 Å². The Morgan fingerprint density at radius 2 is 2.29 bits per heavy atom. The number of primary amides is 1. The van der Waals surface area contributed by atoms with E-state index in [0.717, 1.165) is 12.4 Å². The second-order valence-corrected chi connectivity index (χ2v) is 4.22. The van der Waals surface area contributed by atoms with E-state index in [0.29, 0.717) is 25.6 Å². The van der Waals surface area contributed by atoms with Gasteiger partial charge in [0.1, 0.15) is 12.2 Å². The first kappa shape index (κ1) is 13.4. The lowest BCUT2D eigenvalue weighted by molar-refractivity contribution is 0.249. The maximum atomic E-state index is 10.4. The Morgan fingerprint density at radius 1 is 1.53 bits per heavy atom. The van der Waals surface area contributed by atoms with Gasteiger partial charge in [0.25, 0.3) is 0 Å². The second-order valence-electron chi connectivity index (χ2n) is 4.22. The van der Waals surface area contributed by atoms with Crippen LogP contribution in [0.2, 0.25) is 0 Å². The summed E-state index contributed by atoms with van der Waals surface area (Å²) in [7, 11) is 0. The van der Waals surface area contributed by atoms with Gasteiger partial charge in [0.15, 0.2) is 0 Å². The van der Waals surface area contributed by atoms with Crippen molar-refractivity contribution in [2.24, 2.45) is 11.7 Å². The average Bonchev–Trinajstić information content (AvgIpc) is 2.64. The number of urea groups is 1. The third-order valence-electron chi connectivity index (χ3n) is 2.12. The van der Waals surface area contributed by atoms with Crippen LogP contribution in [0.15, 0.2) is 6.33 Å². The normalized spacial score (nSPS) is 10.8. The number of nitrogens with two attached hydrogens (primary N) is 1. The Kier molecular flexibility index (Phi) is 5.41. The minimum atomic E-state index is -0.505. The van der Waals surface area contributed by atoms with Gasteiger partial charge in [-0.25, -0.2) is 14.5 Å². The zero-order chi connectivity index (χ0) is 12.7. The molecule has 0 aliphatic heterocycles. The number of carbonyl (C=O) groups is 1. The van der Waals surface area contributed by atoms with Crippen LogP contribution in [0.5, 0.6) is 0 Å². The molecular formula is C10H20N6O. The summed E-state index contributed by atoms with van der Waals surface area (Å²) in [4.78, 5) is 14.6. The van der Waals surface area contributed by atoms with Crippen LogP contribution in [0.1, 0.15) is 19.7 Å². The molecule has 7 nitrogen and oxygen atoms in total. The Bertz CT molecular complexity index is 348. The topological polar surface area (TPSA) is 97.9 Å². The van der Waals surface area contributed by atoms with Crippen LogP contribution in [0.4, 0.5) is 4.79 Å². The van der Waals surface area contributed by atoms with Gasteiger partial charge in [-0.3, -0.25) is 0 Å². The molecule has 0 unspecified atom stereocenters. The number of nitrogens with zero attached hydrogens (tertiary/aromatic N) is 3. The molecule has 0 aliphatic rings. The average molecular weight is 240 g/mol. The van der Waals surface area contributed by atoms with E-state index in [1.165, 1.54) is 0 Å². The smallest absolute Gasteiger partial charge is 0.312 e. The maximum absolute atomic E-state index is 10.4. The lowest BCUT2D eigenvalue weighted by Gasteiger charge is -2.09. The van der Waals surface area contributed by atoms with E-state index < -0.39 is 6.03 Å². The van der Waals surface area contributed by atoms with Gasteiger partial charge in [-0.15, -0.1) is 0 Å². The summed E-state index contributed by atoms with van der Waals surface area (Å²) in [5.74, 6) is 1.43. The fourth-order valence-corrected chi connectivity index (χ4v) is 1.40. The van der Waals surface area contributed by atoms with Crippen molar-refractivity contribution in [1.82, 2.24) is 25.4 Å². The number of aromatic nitrogens is 3. The molecule has 17 heavy (non-hydrogen) atoms. The van der Waals surface area contributed by atoms with Gasteiger partial charge in [-0.2, -0.15) is 5.10 Å². The number of carbonyl (C=O) groups excluding carboxylic acids is 1. The quantitative estimate of drug-likeness (QED) is 0.569. The largest absolute Gasteiger partial charge is 0.352 e. The van der Waals surface area contributed by atoms with Crippen molar-refractivity contribution in [1.29, 1.82) is 0 Å². The van der Waals surface area contributed by atoms with Crippen LogP contribution in [0, 0.1) is 5.92 Å². The lowest BCUT2D eigenvalue weighted by Crippen LogP contribution is -2.35. The standard InChI is InChI=1S/C10H20N6O/c1-8(2)6-16-9(14-7-15-16)5-12-3-4-13-10(11)17/h7-8,12H,3-6H2,1-2H3,(H3,11,13,17). The summed E-state index contributed by atoms with van der Waals surface area (Å²) in [5.41, 5.74) is 4.94. The number of amides is 2. The van der Waals surface area contributed by atoms with Gasteiger partial charge >= 0.3 is 6.03 Å². The molecule has 0 spiro atoms. The minimum Gasteiger partial charge on any atom is -0.352 e. The molecule has 4 N–H and O–H groups in total. The van der Waals surface area contributed by atoms with E-state index >= 15 is 0 Å². The van der Waals surface area contributed by atoms with E-state index in [-0.39, 0.29) is 0 Å². The molecule has 0 saturated carbocycles. The third-order valence-corrected chi connectivity index (χ3v) is 2.12. The number of nitrogens with one attached hydrogen (secondary N) is 2. The highest BCUT2D eigenvalue weighted by Crippen LogP contribution is 2.00. The summed E-state index contributed by atoms with van der Waals surface area (Å²) in [5, 5.41) is 9.83. The monoisotopic (exact) mass is 240 g/mol. The van der Waals surface area contributed by atoms with Gasteiger partial charge in [0, 0.05) is 19.6 Å². The Balaban J connectivity index is 2.26. The predicted molar refractivity (Wildman–Crippen MR) is 64.2 cm³/mol. The zero-order valence-corrected chi connectivity index (χ0v) is 10.3. The lowest BCUT2D eigenvalue weighted by atomic mass is 10.2. The molecule has 1 aromatic rings. The molecule has 0 fully saturated rings. The molecule has 0 atom stereocenters. The molecule has 1 rings (SSSR count). The van der Waals surface area contributed by atoms with Crippen molar-refractivity contribution >= 4 is 6.03 Å². The predicted octanol–water partition coefficient (Wildman–Crippen LogP) is -0.308. The molecule has 0 aromatic carbocycles. The molecule has 0 bridgehead atoms. The first-order chi connectivity index (χ1) is 8.09. The van der Waals surface area contributed by atoms with Crippen molar-refractivity contribution in [3.63, 3.8) is 0 Å². The summed E-state index contributed by atoms with van der Waals surface area (Å²) >= 11 is 0. The molecule has 0 saturated heterocycles. The molecular weight excluding hydrogens is 220 g/mol. The molecule has 1 aromatic heterocycles. The van der Waals surface area contributed by atoms with Crippen LogP contribution >= 0.6 is 0 Å². The van der Waals surface area contributed by atoms with Crippen LogP contribution in [0.25, 0.3) is 0 Å². The number of rotatable bonds is 7. The van der Waals surface area contributed by atoms with Crippen molar-refractivity contribution in [2.75, 3.05) is 13.1 Å². The fourth-order valence-electron chi connectivity index (χ4n) is 1.40. The fraction of sp³-hybridized carbons (Fsp3) is 0.700. The van der Waals surface area contributed by atoms with Crippen LogP contribution < -0.4 is 16.4 Å². The number of hydrogen-bond acceptors (Lipinski definition) is 4. The summed E-state index contributed by atoms with van der Waals surface area (Å²) in [6.07, 6.45) is 1.56. The Morgan fingerprint density at radius 3 is 2.94 bits per heavy atom. The van der Waals surface area contributed by atoms with Gasteiger partial charge < -0.3 is 16.4 Å². The van der Waals surface area contributed by atoms with E-state index in [9.17, 15) is 4.79 Å².